The lowest BCUT2D eigenvalue weighted by Gasteiger charge is -2.11. The fraction of sp³-hybridized carbons (Fsp3) is 0.0952. The van der Waals surface area contributed by atoms with Crippen LogP contribution in [0.2, 0.25) is 0 Å². The summed E-state index contributed by atoms with van der Waals surface area (Å²) in [5.41, 5.74) is 3.34. The smallest absolute Gasteiger partial charge is 0.224 e. The molecule has 0 aliphatic heterocycles. The summed E-state index contributed by atoms with van der Waals surface area (Å²) in [5.74, 6) is -0.392. The second-order valence-corrected chi connectivity index (χ2v) is 5.55. The number of hydrogen-bond acceptors (Lipinski definition) is 1. The molecule has 24 heavy (non-hydrogen) atoms. The molecular formula is C21H18FNO. The number of halogens is 1. The van der Waals surface area contributed by atoms with Crippen LogP contribution < -0.4 is 5.32 Å². The third kappa shape index (κ3) is 3.87. The van der Waals surface area contributed by atoms with E-state index in [2.05, 4.69) is 5.32 Å². The number of hydrogen-bond donors (Lipinski definition) is 1. The Balaban J connectivity index is 1.70. The minimum atomic E-state index is -0.269. The Hall–Kier alpha value is -2.94. The molecule has 0 aliphatic carbocycles. The van der Waals surface area contributed by atoms with Gasteiger partial charge < -0.3 is 5.32 Å². The van der Waals surface area contributed by atoms with E-state index in [0.29, 0.717) is 12.0 Å². The molecule has 0 radical (unpaired) electrons. The Labute approximate surface area is 141 Å². The van der Waals surface area contributed by atoms with Crippen LogP contribution in [0.4, 0.5) is 10.1 Å². The van der Waals surface area contributed by atoms with Gasteiger partial charge in [0.2, 0.25) is 5.91 Å². The lowest BCUT2D eigenvalue weighted by atomic mass is 10.0. The van der Waals surface area contributed by atoms with Crippen LogP contribution in [0.3, 0.4) is 0 Å². The molecule has 0 aliphatic rings. The van der Waals surface area contributed by atoms with E-state index in [0.717, 1.165) is 16.8 Å². The topological polar surface area (TPSA) is 29.1 Å². The molecule has 0 unspecified atom stereocenters. The van der Waals surface area contributed by atoms with Crippen molar-refractivity contribution in [2.75, 3.05) is 5.32 Å². The minimum Gasteiger partial charge on any atom is -0.326 e. The van der Waals surface area contributed by atoms with Gasteiger partial charge in [0.1, 0.15) is 5.82 Å². The first-order chi connectivity index (χ1) is 11.7. The Kier molecular flexibility index (Phi) is 5.02. The van der Waals surface area contributed by atoms with Crippen molar-refractivity contribution in [1.29, 1.82) is 0 Å². The molecule has 0 fully saturated rings. The minimum absolute atomic E-state index is 0.123. The van der Waals surface area contributed by atoms with Gasteiger partial charge in [0, 0.05) is 17.7 Å². The molecule has 0 heterocycles. The number of amides is 1. The van der Waals surface area contributed by atoms with Crippen LogP contribution in [-0.4, -0.2) is 5.91 Å². The molecule has 0 atom stereocenters. The van der Waals surface area contributed by atoms with E-state index in [4.69, 9.17) is 0 Å². The summed E-state index contributed by atoms with van der Waals surface area (Å²) in [6, 6.07) is 24.1. The highest BCUT2D eigenvalue weighted by atomic mass is 19.1. The van der Waals surface area contributed by atoms with Crippen molar-refractivity contribution in [2.45, 2.75) is 12.8 Å². The van der Waals surface area contributed by atoms with Crippen molar-refractivity contribution >= 4 is 11.6 Å². The third-order valence-corrected chi connectivity index (χ3v) is 3.87. The summed E-state index contributed by atoms with van der Waals surface area (Å²) in [6.45, 7) is 0. The van der Waals surface area contributed by atoms with Gasteiger partial charge in [0.25, 0.3) is 0 Å². The number of anilines is 1. The van der Waals surface area contributed by atoms with Crippen LogP contribution in [0.15, 0.2) is 78.9 Å². The molecule has 1 amide bonds. The molecule has 1 N–H and O–H groups in total. The normalized spacial score (nSPS) is 10.4. The van der Waals surface area contributed by atoms with Crippen molar-refractivity contribution in [3.05, 3.63) is 90.2 Å². The summed E-state index contributed by atoms with van der Waals surface area (Å²) >= 11 is 0. The zero-order valence-corrected chi connectivity index (χ0v) is 13.2. The molecule has 0 aromatic heterocycles. The summed E-state index contributed by atoms with van der Waals surface area (Å²) in [5, 5.41) is 2.94. The summed E-state index contributed by atoms with van der Waals surface area (Å²) < 4.78 is 13.6. The number of aryl methyl sites for hydroxylation is 1. The second kappa shape index (κ2) is 7.55. The molecule has 0 saturated heterocycles. The first-order valence-corrected chi connectivity index (χ1v) is 7.92. The van der Waals surface area contributed by atoms with Crippen molar-refractivity contribution in [1.82, 2.24) is 0 Å². The van der Waals surface area contributed by atoms with Gasteiger partial charge in [-0.1, -0.05) is 66.7 Å². The number of carbonyl (C=O) groups excluding carboxylic acids is 1. The van der Waals surface area contributed by atoms with Crippen LogP contribution in [0, 0.1) is 5.82 Å². The fourth-order valence-electron chi connectivity index (χ4n) is 2.62. The van der Waals surface area contributed by atoms with Gasteiger partial charge in [0.15, 0.2) is 0 Å². The highest BCUT2D eigenvalue weighted by Gasteiger charge is 2.09. The zero-order chi connectivity index (χ0) is 16.8. The molecule has 3 rings (SSSR count). The first kappa shape index (κ1) is 15.9. The van der Waals surface area contributed by atoms with Gasteiger partial charge in [-0.3, -0.25) is 4.79 Å². The number of rotatable bonds is 5. The van der Waals surface area contributed by atoms with Gasteiger partial charge >= 0.3 is 0 Å². The highest BCUT2D eigenvalue weighted by Crippen LogP contribution is 2.27. The molecule has 120 valence electrons. The maximum Gasteiger partial charge on any atom is 0.224 e. The van der Waals surface area contributed by atoms with Gasteiger partial charge in [-0.25, -0.2) is 4.39 Å². The molecule has 2 nitrogen and oxygen atoms in total. The number of para-hydroxylation sites is 1. The van der Waals surface area contributed by atoms with Crippen LogP contribution in [0.5, 0.6) is 0 Å². The molecular weight excluding hydrogens is 301 g/mol. The Morgan fingerprint density at radius 1 is 0.833 bits per heavy atom. The van der Waals surface area contributed by atoms with Gasteiger partial charge in [-0.2, -0.15) is 0 Å². The average Bonchev–Trinajstić information content (AvgIpc) is 2.62. The molecule has 0 spiro atoms. The van der Waals surface area contributed by atoms with E-state index in [1.807, 2.05) is 54.6 Å². The first-order valence-electron chi connectivity index (χ1n) is 7.92. The maximum absolute atomic E-state index is 13.6. The molecule has 0 bridgehead atoms. The molecule has 3 heteroatoms. The van der Waals surface area contributed by atoms with Gasteiger partial charge in [0.05, 0.1) is 0 Å². The predicted octanol–water partition coefficient (Wildman–Crippen LogP) is 5.06. The Morgan fingerprint density at radius 3 is 2.29 bits per heavy atom. The SMILES string of the molecule is O=C(CCc1ccccc1F)Nc1ccccc1-c1ccccc1. The lowest BCUT2D eigenvalue weighted by molar-refractivity contribution is -0.116. The number of carbonyl (C=O) groups is 1. The number of nitrogens with one attached hydrogen (secondary N) is 1. The fourth-order valence-corrected chi connectivity index (χ4v) is 2.62. The van der Waals surface area contributed by atoms with Crippen LogP contribution in [0.25, 0.3) is 11.1 Å². The van der Waals surface area contributed by atoms with E-state index in [1.165, 1.54) is 6.07 Å². The summed E-state index contributed by atoms with van der Waals surface area (Å²) in [7, 11) is 0. The molecule has 0 saturated carbocycles. The standard InChI is InChI=1S/C21H18FNO/c22-19-12-6-4-10-17(19)14-15-21(24)23-20-13-7-5-11-18(20)16-8-2-1-3-9-16/h1-13H,14-15H2,(H,23,24). The monoisotopic (exact) mass is 319 g/mol. The zero-order valence-electron chi connectivity index (χ0n) is 13.2. The van der Waals surface area contributed by atoms with E-state index in [9.17, 15) is 9.18 Å². The molecule has 3 aromatic carbocycles. The summed E-state index contributed by atoms with van der Waals surface area (Å²) in [4.78, 5) is 12.2. The maximum atomic E-state index is 13.6. The van der Waals surface area contributed by atoms with Crippen molar-refractivity contribution in [3.8, 4) is 11.1 Å². The van der Waals surface area contributed by atoms with E-state index in [-0.39, 0.29) is 18.1 Å². The summed E-state index contributed by atoms with van der Waals surface area (Å²) in [6.07, 6.45) is 0.621. The van der Waals surface area contributed by atoms with Crippen LogP contribution in [0.1, 0.15) is 12.0 Å². The predicted molar refractivity (Wildman–Crippen MR) is 95.2 cm³/mol. The van der Waals surface area contributed by atoms with E-state index >= 15 is 0 Å². The van der Waals surface area contributed by atoms with Gasteiger partial charge in [-0.15, -0.1) is 0 Å². The number of benzene rings is 3. The lowest BCUT2D eigenvalue weighted by Crippen LogP contribution is -2.13. The largest absolute Gasteiger partial charge is 0.326 e. The van der Waals surface area contributed by atoms with Crippen molar-refractivity contribution in [3.63, 3.8) is 0 Å². The Morgan fingerprint density at radius 2 is 1.50 bits per heavy atom. The van der Waals surface area contributed by atoms with Crippen LogP contribution in [-0.2, 0) is 11.2 Å². The van der Waals surface area contributed by atoms with Gasteiger partial charge in [-0.05, 0) is 29.7 Å². The second-order valence-electron chi connectivity index (χ2n) is 5.55. The van der Waals surface area contributed by atoms with Crippen molar-refractivity contribution < 1.29 is 9.18 Å². The Bertz CT molecular complexity index is 830. The van der Waals surface area contributed by atoms with Crippen molar-refractivity contribution in [2.24, 2.45) is 0 Å². The van der Waals surface area contributed by atoms with E-state index < -0.39 is 0 Å². The van der Waals surface area contributed by atoms with E-state index in [1.54, 1.807) is 18.2 Å². The quantitative estimate of drug-likeness (QED) is 0.699. The average molecular weight is 319 g/mol. The molecule has 3 aromatic rings. The third-order valence-electron chi connectivity index (χ3n) is 3.87. The van der Waals surface area contributed by atoms with Crippen LogP contribution >= 0.6 is 0 Å². The highest BCUT2D eigenvalue weighted by molar-refractivity contribution is 5.95.